The van der Waals surface area contributed by atoms with Crippen molar-refractivity contribution in [2.75, 3.05) is 5.32 Å². The SMILES string of the molecule is Cc1csc(C(NC(=O)Nc2ccc(F)cn2)C(F)(F)F)n1. The lowest BCUT2D eigenvalue weighted by Crippen LogP contribution is -2.40. The first-order valence-corrected chi connectivity index (χ1v) is 6.81. The van der Waals surface area contributed by atoms with Crippen LogP contribution in [0, 0.1) is 12.7 Å². The van der Waals surface area contributed by atoms with E-state index in [1.807, 2.05) is 0 Å². The van der Waals surface area contributed by atoms with Gasteiger partial charge in [0, 0.05) is 11.1 Å². The molecule has 0 saturated heterocycles. The Bertz CT molecular complexity index is 656. The zero-order chi connectivity index (χ0) is 16.3. The largest absolute Gasteiger partial charge is 0.415 e. The maximum Gasteiger partial charge on any atom is 0.415 e. The average Bonchev–Trinajstić information content (AvgIpc) is 2.84. The van der Waals surface area contributed by atoms with Gasteiger partial charge in [0.05, 0.1) is 6.20 Å². The predicted octanol–water partition coefficient (Wildman–Crippen LogP) is 3.41. The van der Waals surface area contributed by atoms with Crippen LogP contribution in [0.5, 0.6) is 0 Å². The third-order valence-electron chi connectivity index (χ3n) is 2.46. The number of nitrogens with zero attached hydrogens (tertiary/aromatic N) is 2. The maximum absolute atomic E-state index is 13.0. The van der Waals surface area contributed by atoms with Crippen molar-refractivity contribution in [3.63, 3.8) is 0 Å². The van der Waals surface area contributed by atoms with E-state index in [-0.39, 0.29) is 10.8 Å². The topological polar surface area (TPSA) is 66.9 Å². The van der Waals surface area contributed by atoms with Crippen LogP contribution in [0.25, 0.3) is 0 Å². The van der Waals surface area contributed by atoms with Crippen molar-refractivity contribution in [3.05, 3.63) is 40.2 Å². The number of halogens is 4. The highest BCUT2D eigenvalue weighted by atomic mass is 32.1. The number of nitrogens with one attached hydrogen (secondary N) is 2. The molecule has 2 aromatic rings. The van der Waals surface area contributed by atoms with Crippen LogP contribution in [-0.2, 0) is 0 Å². The molecule has 2 N–H and O–H groups in total. The van der Waals surface area contributed by atoms with Crippen LogP contribution in [0.15, 0.2) is 23.7 Å². The van der Waals surface area contributed by atoms with Crippen molar-refractivity contribution in [3.8, 4) is 0 Å². The molecule has 0 aliphatic carbocycles. The summed E-state index contributed by atoms with van der Waals surface area (Å²) in [4.78, 5) is 18.9. The van der Waals surface area contributed by atoms with Gasteiger partial charge in [0.2, 0.25) is 0 Å². The van der Waals surface area contributed by atoms with E-state index >= 15 is 0 Å². The zero-order valence-electron chi connectivity index (χ0n) is 11.1. The number of thiazole rings is 1. The van der Waals surface area contributed by atoms with Gasteiger partial charge in [0.15, 0.2) is 6.04 Å². The van der Waals surface area contributed by atoms with Gasteiger partial charge in [0.25, 0.3) is 0 Å². The fourth-order valence-corrected chi connectivity index (χ4v) is 2.39. The molecular weight excluding hydrogens is 324 g/mol. The third-order valence-corrected chi connectivity index (χ3v) is 3.48. The summed E-state index contributed by atoms with van der Waals surface area (Å²) < 4.78 is 51.7. The normalized spacial score (nSPS) is 12.8. The minimum absolute atomic E-state index is 0.0739. The van der Waals surface area contributed by atoms with Crippen LogP contribution in [-0.4, -0.2) is 22.2 Å². The molecule has 0 aliphatic heterocycles. The highest BCUT2D eigenvalue weighted by molar-refractivity contribution is 7.09. The number of pyridine rings is 1. The Morgan fingerprint density at radius 3 is 2.59 bits per heavy atom. The molecule has 0 fully saturated rings. The van der Waals surface area contributed by atoms with Gasteiger partial charge in [-0.1, -0.05) is 0 Å². The minimum atomic E-state index is -4.70. The van der Waals surface area contributed by atoms with Crippen LogP contribution in [0.3, 0.4) is 0 Å². The number of rotatable bonds is 3. The summed E-state index contributed by atoms with van der Waals surface area (Å²) in [6.45, 7) is 1.55. The monoisotopic (exact) mass is 334 g/mol. The first-order valence-electron chi connectivity index (χ1n) is 5.93. The molecule has 1 unspecified atom stereocenters. The van der Waals surface area contributed by atoms with Gasteiger partial charge in [-0.2, -0.15) is 13.2 Å². The molecule has 5 nitrogen and oxygen atoms in total. The Hall–Kier alpha value is -2.23. The van der Waals surface area contributed by atoms with Gasteiger partial charge in [-0.25, -0.2) is 19.2 Å². The third kappa shape index (κ3) is 4.13. The van der Waals surface area contributed by atoms with Gasteiger partial charge >= 0.3 is 12.2 Å². The van der Waals surface area contributed by atoms with E-state index in [9.17, 15) is 22.4 Å². The molecule has 2 amide bonds. The molecule has 0 saturated carbocycles. The second kappa shape index (κ2) is 6.26. The molecule has 0 aliphatic rings. The van der Waals surface area contributed by atoms with Crippen molar-refractivity contribution in [2.24, 2.45) is 0 Å². The van der Waals surface area contributed by atoms with E-state index < -0.39 is 24.1 Å². The standard InChI is InChI=1S/C12H10F4N4OS/c1-6-5-22-10(18-6)9(12(14,15)16)20-11(21)19-8-3-2-7(13)4-17-8/h2-5,9H,1H3,(H2,17,19,20,21). The van der Waals surface area contributed by atoms with Gasteiger partial charge in [0.1, 0.15) is 16.6 Å². The quantitative estimate of drug-likeness (QED) is 0.845. The van der Waals surface area contributed by atoms with Gasteiger partial charge < -0.3 is 5.32 Å². The Kier molecular flexibility index (Phi) is 4.59. The van der Waals surface area contributed by atoms with Crippen molar-refractivity contribution in [1.29, 1.82) is 0 Å². The molecule has 1 atom stereocenters. The summed E-state index contributed by atoms with van der Waals surface area (Å²) in [6, 6.07) is -1.19. The highest BCUT2D eigenvalue weighted by Gasteiger charge is 2.43. The second-order valence-electron chi connectivity index (χ2n) is 4.26. The Morgan fingerprint density at radius 2 is 2.09 bits per heavy atom. The fraction of sp³-hybridized carbons (Fsp3) is 0.250. The molecule has 0 spiro atoms. The summed E-state index contributed by atoms with van der Waals surface area (Å²) in [7, 11) is 0. The summed E-state index contributed by atoms with van der Waals surface area (Å²) >= 11 is 0.796. The number of aromatic nitrogens is 2. The number of aryl methyl sites for hydroxylation is 1. The number of carbonyl (C=O) groups excluding carboxylic acids is 1. The molecule has 0 bridgehead atoms. The van der Waals surface area contributed by atoms with Gasteiger partial charge in [-0.15, -0.1) is 11.3 Å². The zero-order valence-corrected chi connectivity index (χ0v) is 11.9. The van der Waals surface area contributed by atoms with Crippen molar-refractivity contribution in [1.82, 2.24) is 15.3 Å². The molecule has 22 heavy (non-hydrogen) atoms. The maximum atomic E-state index is 13.0. The summed E-state index contributed by atoms with van der Waals surface area (Å²) in [5.74, 6) is -0.701. The highest BCUT2D eigenvalue weighted by Crippen LogP contribution is 2.34. The van der Waals surface area contributed by atoms with E-state index in [0.29, 0.717) is 5.69 Å². The molecule has 2 rings (SSSR count). The number of anilines is 1. The Balaban J connectivity index is 2.10. The molecule has 2 aromatic heterocycles. The minimum Gasteiger partial charge on any atom is -0.320 e. The van der Waals surface area contributed by atoms with Crippen molar-refractivity contribution < 1.29 is 22.4 Å². The van der Waals surface area contributed by atoms with E-state index in [4.69, 9.17) is 0 Å². The fourth-order valence-electron chi connectivity index (χ4n) is 1.52. The molecule has 2 heterocycles. The number of amides is 2. The number of carbonyl (C=O) groups is 1. The predicted molar refractivity (Wildman–Crippen MR) is 72.0 cm³/mol. The van der Waals surface area contributed by atoms with Crippen molar-refractivity contribution in [2.45, 2.75) is 19.1 Å². The van der Waals surface area contributed by atoms with Crippen LogP contribution in [0.4, 0.5) is 28.2 Å². The Morgan fingerprint density at radius 1 is 1.36 bits per heavy atom. The van der Waals surface area contributed by atoms with Crippen LogP contribution in [0.1, 0.15) is 16.7 Å². The van der Waals surface area contributed by atoms with Gasteiger partial charge in [-0.05, 0) is 19.1 Å². The smallest absolute Gasteiger partial charge is 0.320 e. The number of alkyl halides is 3. The average molecular weight is 334 g/mol. The molecule has 10 heteroatoms. The second-order valence-corrected chi connectivity index (χ2v) is 5.15. The summed E-state index contributed by atoms with van der Waals surface area (Å²) in [5, 5.41) is 5.07. The first-order chi connectivity index (χ1) is 10.3. The molecule has 118 valence electrons. The van der Waals surface area contributed by atoms with Gasteiger partial charge in [-0.3, -0.25) is 5.32 Å². The molecule has 0 radical (unpaired) electrons. The van der Waals surface area contributed by atoms with Crippen LogP contribution in [0.2, 0.25) is 0 Å². The lowest BCUT2D eigenvalue weighted by Gasteiger charge is -2.19. The lowest BCUT2D eigenvalue weighted by molar-refractivity contribution is -0.154. The summed E-state index contributed by atoms with van der Waals surface area (Å²) in [6.07, 6.45) is -3.86. The number of urea groups is 1. The van der Waals surface area contributed by atoms with E-state index in [2.05, 4.69) is 15.3 Å². The van der Waals surface area contributed by atoms with E-state index in [0.717, 1.165) is 29.7 Å². The van der Waals surface area contributed by atoms with E-state index in [1.54, 1.807) is 12.2 Å². The molecule has 0 aromatic carbocycles. The lowest BCUT2D eigenvalue weighted by atomic mass is 10.3. The first kappa shape index (κ1) is 16.1. The Labute approximate surface area is 126 Å². The number of hydrogen-bond acceptors (Lipinski definition) is 4. The van der Waals surface area contributed by atoms with Crippen molar-refractivity contribution >= 4 is 23.2 Å². The van der Waals surface area contributed by atoms with E-state index in [1.165, 1.54) is 5.38 Å². The van der Waals surface area contributed by atoms with Crippen LogP contribution >= 0.6 is 11.3 Å². The van der Waals surface area contributed by atoms with Crippen LogP contribution < -0.4 is 10.6 Å². The number of hydrogen-bond donors (Lipinski definition) is 2. The summed E-state index contributed by atoms with van der Waals surface area (Å²) in [5.41, 5.74) is 0.427. The molecular formula is C12H10F4N4OS.